The molecule has 0 aliphatic carbocycles. The van der Waals surface area contributed by atoms with Crippen molar-refractivity contribution in [3.05, 3.63) is 59.7 Å². The van der Waals surface area contributed by atoms with Crippen LogP contribution in [0.2, 0.25) is 0 Å². The zero-order chi connectivity index (χ0) is 15.0. The molecule has 0 fully saturated rings. The minimum atomic E-state index is -0.337. The molecule has 1 aromatic heterocycles. The number of benzene rings is 2. The molecule has 21 heavy (non-hydrogen) atoms. The molecule has 2 N–H and O–H groups in total. The molecule has 0 saturated heterocycles. The molecule has 1 heterocycles. The van der Waals surface area contributed by atoms with Gasteiger partial charge < -0.3 is 5.73 Å². The highest BCUT2D eigenvalue weighted by atomic mass is 19.1. The summed E-state index contributed by atoms with van der Waals surface area (Å²) in [5.41, 5.74) is 8.56. The van der Waals surface area contributed by atoms with E-state index >= 15 is 0 Å². The molecule has 0 aliphatic rings. The first-order valence-electron chi connectivity index (χ1n) is 6.54. The Morgan fingerprint density at radius 3 is 2.81 bits per heavy atom. The lowest BCUT2D eigenvalue weighted by atomic mass is 10.2. The van der Waals surface area contributed by atoms with Crippen LogP contribution in [0.25, 0.3) is 16.7 Å². The van der Waals surface area contributed by atoms with E-state index in [2.05, 4.69) is 11.1 Å². The van der Waals surface area contributed by atoms with Gasteiger partial charge in [0.05, 0.1) is 28.7 Å². The number of aromatic nitrogens is 2. The van der Waals surface area contributed by atoms with Gasteiger partial charge in [-0.2, -0.15) is 5.26 Å². The average Bonchev–Trinajstić information content (AvgIpc) is 2.86. The van der Waals surface area contributed by atoms with Gasteiger partial charge in [0, 0.05) is 11.8 Å². The Morgan fingerprint density at radius 1 is 1.29 bits per heavy atom. The van der Waals surface area contributed by atoms with Crippen LogP contribution in [0.15, 0.2) is 42.5 Å². The highest BCUT2D eigenvalue weighted by Gasteiger charge is 2.16. The van der Waals surface area contributed by atoms with Gasteiger partial charge in [0.25, 0.3) is 0 Å². The Balaban J connectivity index is 2.35. The van der Waals surface area contributed by atoms with E-state index in [0.29, 0.717) is 22.4 Å². The molecular formula is C16H13FN4. The van der Waals surface area contributed by atoms with Gasteiger partial charge in [-0.3, -0.25) is 4.57 Å². The number of nitrogens with zero attached hydrogens (tertiary/aromatic N) is 3. The number of halogens is 1. The second kappa shape index (κ2) is 5.00. The summed E-state index contributed by atoms with van der Waals surface area (Å²) in [6.07, 6.45) is 0. The van der Waals surface area contributed by atoms with E-state index in [1.54, 1.807) is 28.8 Å². The summed E-state index contributed by atoms with van der Waals surface area (Å²) in [6.45, 7) is 1.82. The molecule has 0 unspecified atom stereocenters. The summed E-state index contributed by atoms with van der Waals surface area (Å²) >= 11 is 0. The van der Waals surface area contributed by atoms with Gasteiger partial charge >= 0.3 is 0 Å². The first-order valence-corrected chi connectivity index (χ1v) is 6.54. The van der Waals surface area contributed by atoms with Gasteiger partial charge in [0.2, 0.25) is 0 Å². The zero-order valence-corrected chi connectivity index (χ0v) is 11.4. The van der Waals surface area contributed by atoms with E-state index in [9.17, 15) is 4.39 Å². The van der Waals surface area contributed by atoms with Gasteiger partial charge in [-0.25, -0.2) is 9.37 Å². The fourth-order valence-corrected chi connectivity index (χ4v) is 2.36. The van der Waals surface area contributed by atoms with Crippen LogP contribution in [0, 0.1) is 17.1 Å². The maximum absolute atomic E-state index is 13.6. The summed E-state index contributed by atoms with van der Waals surface area (Å²) in [5, 5.41) is 9.04. The lowest BCUT2D eigenvalue weighted by molar-refractivity contribution is 0.629. The predicted octanol–water partition coefficient (Wildman–Crippen LogP) is 3.06. The summed E-state index contributed by atoms with van der Waals surface area (Å²) in [6, 6.07) is 13.3. The Bertz CT molecular complexity index is 858. The highest BCUT2D eigenvalue weighted by Crippen LogP contribution is 2.25. The summed E-state index contributed by atoms with van der Waals surface area (Å²) in [7, 11) is 0. The van der Waals surface area contributed by atoms with Crippen LogP contribution in [-0.4, -0.2) is 9.55 Å². The fraction of sp³-hybridized carbons (Fsp3) is 0.125. The Labute approximate surface area is 121 Å². The Morgan fingerprint density at radius 2 is 2.10 bits per heavy atom. The molecule has 0 amide bonds. The molecule has 3 aromatic rings. The maximum Gasteiger partial charge on any atom is 0.131 e. The van der Waals surface area contributed by atoms with E-state index in [4.69, 9.17) is 11.0 Å². The van der Waals surface area contributed by atoms with E-state index in [0.717, 1.165) is 5.69 Å². The van der Waals surface area contributed by atoms with Gasteiger partial charge in [-0.1, -0.05) is 6.07 Å². The molecular weight excluding hydrogens is 267 g/mol. The predicted molar refractivity (Wildman–Crippen MR) is 78.3 cm³/mol. The first kappa shape index (κ1) is 13.3. The topological polar surface area (TPSA) is 67.6 Å². The third-order valence-corrected chi connectivity index (χ3v) is 3.28. The lowest BCUT2D eigenvalue weighted by Gasteiger charge is -2.11. The number of rotatable bonds is 2. The SMILES string of the molecule is C[C@H](N)c1nc2ccc(F)cc2n1-c1cccc(C#N)c1. The summed E-state index contributed by atoms with van der Waals surface area (Å²) < 4.78 is 15.4. The fourth-order valence-electron chi connectivity index (χ4n) is 2.36. The minimum absolute atomic E-state index is 0.314. The summed E-state index contributed by atoms with van der Waals surface area (Å²) in [5.74, 6) is 0.294. The van der Waals surface area contributed by atoms with Gasteiger partial charge in [0.1, 0.15) is 11.6 Å². The van der Waals surface area contributed by atoms with Crippen molar-refractivity contribution in [2.45, 2.75) is 13.0 Å². The zero-order valence-electron chi connectivity index (χ0n) is 11.4. The van der Waals surface area contributed by atoms with Crippen LogP contribution in [0.1, 0.15) is 24.4 Å². The largest absolute Gasteiger partial charge is 0.322 e. The third kappa shape index (κ3) is 2.26. The van der Waals surface area contributed by atoms with Crippen molar-refractivity contribution in [2.24, 2.45) is 5.73 Å². The van der Waals surface area contributed by atoms with Crippen LogP contribution in [0.4, 0.5) is 4.39 Å². The molecule has 0 saturated carbocycles. The van der Waals surface area contributed by atoms with Crippen molar-refractivity contribution < 1.29 is 4.39 Å². The quantitative estimate of drug-likeness (QED) is 0.784. The van der Waals surface area contributed by atoms with E-state index < -0.39 is 0 Å². The Kier molecular flexibility index (Phi) is 3.16. The van der Waals surface area contributed by atoms with Crippen LogP contribution in [0.5, 0.6) is 0 Å². The van der Waals surface area contributed by atoms with Crippen molar-refractivity contribution in [1.82, 2.24) is 9.55 Å². The number of nitrogens with two attached hydrogens (primary N) is 1. The number of hydrogen-bond donors (Lipinski definition) is 1. The molecule has 1 atom stereocenters. The van der Waals surface area contributed by atoms with Gasteiger partial charge in [-0.05, 0) is 37.3 Å². The average molecular weight is 280 g/mol. The van der Waals surface area contributed by atoms with Crippen LogP contribution < -0.4 is 5.73 Å². The molecule has 0 spiro atoms. The number of nitriles is 1. The number of fused-ring (bicyclic) bond motifs is 1. The van der Waals surface area contributed by atoms with E-state index in [1.165, 1.54) is 12.1 Å². The molecule has 2 aromatic carbocycles. The van der Waals surface area contributed by atoms with Gasteiger partial charge in [-0.15, -0.1) is 0 Å². The first-order chi connectivity index (χ1) is 10.1. The van der Waals surface area contributed by atoms with Crippen molar-refractivity contribution in [2.75, 3.05) is 0 Å². The molecule has 4 nitrogen and oxygen atoms in total. The van der Waals surface area contributed by atoms with Crippen LogP contribution in [0.3, 0.4) is 0 Å². The lowest BCUT2D eigenvalue weighted by Crippen LogP contribution is -2.12. The normalized spacial score (nSPS) is 12.3. The van der Waals surface area contributed by atoms with Crippen molar-refractivity contribution in [1.29, 1.82) is 5.26 Å². The molecule has 3 rings (SSSR count). The van der Waals surface area contributed by atoms with Crippen molar-refractivity contribution >= 4 is 11.0 Å². The molecule has 0 aliphatic heterocycles. The van der Waals surface area contributed by atoms with E-state index in [-0.39, 0.29) is 11.9 Å². The Hall–Kier alpha value is -2.71. The third-order valence-electron chi connectivity index (χ3n) is 3.28. The smallest absolute Gasteiger partial charge is 0.131 e. The molecule has 104 valence electrons. The van der Waals surface area contributed by atoms with Gasteiger partial charge in [0.15, 0.2) is 0 Å². The van der Waals surface area contributed by atoms with E-state index in [1.807, 2.05) is 13.0 Å². The standard InChI is InChI=1S/C16H13FN4/c1-10(19)16-20-14-6-5-12(17)8-15(14)21(16)13-4-2-3-11(7-13)9-18/h2-8,10H,19H2,1H3/t10-/m0/s1. The monoisotopic (exact) mass is 280 g/mol. The minimum Gasteiger partial charge on any atom is -0.322 e. The molecule has 0 bridgehead atoms. The number of hydrogen-bond acceptors (Lipinski definition) is 3. The van der Waals surface area contributed by atoms with Crippen LogP contribution >= 0.6 is 0 Å². The second-order valence-corrected chi connectivity index (χ2v) is 4.89. The second-order valence-electron chi connectivity index (χ2n) is 4.89. The number of imidazole rings is 1. The van der Waals surface area contributed by atoms with Crippen LogP contribution in [-0.2, 0) is 0 Å². The summed E-state index contributed by atoms with van der Waals surface area (Å²) in [4.78, 5) is 4.47. The maximum atomic E-state index is 13.6. The van der Waals surface area contributed by atoms with Crippen molar-refractivity contribution in [3.8, 4) is 11.8 Å². The van der Waals surface area contributed by atoms with Crippen molar-refractivity contribution in [3.63, 3.8) is 0 Å². The molecule has 0 radical (unpaired) electrons. The highest BCUT2D eigenvalue weighted by molar-refractivity contribution is 5.78. The molecule has 5 heteroatoms.